The molecule has 152 valence electrons. The van der Waals surface area contributed by atoms with E-state index in [9.17, 15) is 4.79 Å². The zero-order valence-electron chi connectivity index (χ0n) is 16.8. The van der Waals surface area contributed by atoms with Gasteiger partial charge in [0.15, 0.2) is 5.78 Å². The molecule has 0 bridgehead atoms. The van der Waals surface area contributed by atoms with Gasteiger partial charge >= 0.3 is 0 Å². The fourth-order valence-electron chi connectivity index (χ4n) is 4.68. The summed E-state index contributed by atoms with van der Waals surface area (Å²) >= 11 is 6.46. The van der Waals surface area contributed by atoms with Crippen molar-refractivity contribution in [2.24, 2.45) is 0 Å². The molecule has 1 unspecified atom stereocenters. The average molecular weight is 411 g/mol. The first kappa shape index (κ1) is 19.1. The molecule has 0 radical (unpaired) electrons. The molecule has 0 spiro atoms. The highest BCUT2D eigenvalue weighted by molar-refractivity contribution is 6.35. The van der Waals surface area contributed by atoms with Crippen LogP contribution < -0.4 is 5.32 Å². The highest BCUT2D eigenvalue weighted by atomic mass is 35.5. The largest absolute Gasteiger partial charge is 0.384 e. The van der Waals surface area contributed by atoms with Gasteiger partial charge in [0.2, 0.25) is 0 Å². The molecule has 2 heterocycles. The number of benzene rings is 2. The Labute approximate surface area is 177 Å². The molecule has 0 amide bonds. The zero-order valence-corrected chi connectivity index (χ0v) is 17.6. The third-order valence-electron chi connectivity index (χ3n) is 6.56. The molecule has 5 rings (SSSR count). The van der Waals surface area contributed by atoms with Crippen LogP contribution in [-0.2, 0) is 10.2 Å². The second-order valence-electron chi connectivity index (χ2n) is 8.91. The lowest BCUT2D eigenvalue weighted by Gasteiger charge is -2.34. The third-order valence-corrected chi connectivity index (χ3v) is 6.88. The molecule has 1 saturated carbocycles. The Morgan fingerprint density at radius 2 is 2.00 bits per heavy atom. The van der Waals surface area contributed by atoms with Crippen molar-refractivity contribution in [2.75, 3.05) is 44.7 Å². The van der Waals surface area contributed by atoms with Gasteiger partial charge in [-0.25, -0.2) is 0 Å². The van der Waals surface area contributed by atoms with Gasteiger partial charge in [-0.3, -0.25) is 9.69 Å². The summed E-state index contributed by atoms with van der Waals surface area (Å²) in [7, 11) is 0. The molecule has 2 fully saturated rings. The van der Waals surface area contributed by atoms with Crippen molar-refractivity contribution in [1.82, 2.24) is 4.90 Å². The number of fused-ring (bicyclic) bond motifs is 1. The maximum absolute atomic E-state index is 13.1. The van der Waals surface area contributed by atoms with Crippen LogP contribution in [0.25, 0.3) is 0 Å². The molecule has 1 N–H and O–H groups in total. The number of anilines is 1. The number of halogens is 1. The molecule has 29 heavy (non-hydrogen) atoms. The van der Waals surface area contributed by atoms with Crippen molar-refractivity contribution in [1.29, 1.82) is 0 Å². The van der Waals surface area contributed by atoms with Gasteiger partial charge < -0.3 is 10.1 Å². The van der Waals surface area contributed by atoms with E-state index in [1.165, 1.54) is 24.0 Å². The molecular weight excluding hydrogens is 384 g/mol. The number of nitrogens with zero attached hydrogens (tertiary/aromatic N) is 1. The normalized spacial score (nSPS) is 24.2. The molecule has 1 atom stereocenters. The van der Waals surface area contributed by atoms with Gasteiger partial charge in [0.25, 0.3) is 0 Å². The number of nitrogens with one attached hydrogen (secondary N) is 1. The number of ether oxygens (including phenoxy) is 1. The highest BCUT2D eigenvalue weighted by Gasteiger charge is 2.36. The number of carbonyl (C=O) groups is 1. The van der Waals surface area contributed by atoms with Crippen LogP contribution in [0.15, 0.2) is 36.4 Å². The van der Waals surface area contributed by atoms with E-state index in [4.69, 9.17) is 16.3 Å². The average Bonchev–Trinajstić information content (AvgIpc) is 3.53. The zero-order chi connectivity index (χ0) is 20.0. The first-order chi connectivity index (χ1) is 14.0. The maximum atomic E-state index is 13.1. The Kier molecular flexibility index (Phi) is 4.89. The Bertz CT molecular complexity index is 950. The van der Waals surface area contributed by atoms with E-state index in [0.717, 1.165) is 45.1 Å². The van der Waals surface area contributed by atoms with Gasteiger partial charge in [0.05, 0.1) is 18.2 Å². The van der Waals surface area contributed by atoms with Gasteiger partial charge in [-0.05, 0) is 48.1 Å². The Balaban J connectivity index is 1.37. The number of carbonyl (C=O) groups excluding carboxylic acids is 1. The van der Waals surface area contributed by atoms with E-state index in [-0.39, 0.29) is 11.2 Å². The lowest BCUT2D eigenvalue weighted by atomic mass is 9.83. The Morgan fingerprint density at radius 3 is 2.72 bits per heavy atom. The summed E-state index contributed by atoms with van der Waals surface area (Å²) in [5.41, 5.74) is 4.92. The lowest BCUT2D eigenvalue weighted by Crippen LogP contribution is -2.45. The highest BCUT2D eigenvalue weighted by Crippen LogP contribution is 2.42. The molecular formula is C24H27ClN2O2. The van der Waals surface area contributed by atoms with E-state index >= 15 is 0 Å². The lowest BCUT2D eigenvalue weighted by molar-refractivity contribution is 0.0296. The van der Waals surface area contributed by atoms with Crippen LogP contribution in [0.4, 0.5) is 5.69 Å². The number of hydrogen-bond acceptors (Lipinski definition) is 4. The topological polar surface area (TPSA) is 41.6 Å². The van der Waals surface area contributed by atoms with E-state index in [0.29, 0.717) is 22.1 Å². The molecule has 5 heteroatoms. The molecule has 4 nitrogen and oxygen atoms in total. The maximum Gasteiger partial charge on any atom is 0.194 e. The van der Waals surface area contributed by atoms with Crippen molar-refractivity contribution in [3.8, 4) is 0 Å². The minimum Gasteiger partial charge on any atom is -0.384 e. The smallest absolute Gasteiger partial charge is 0.194 e. The summed E-state index contributed by atoms with van der Waals surface area (Å²) in [6.07, 6.45) is 2.45. The number of hydrogen-bond donors (Lipinski definition) is 1. The third kappa shape index (κ3) is 3.70. The second kappa shape index (κ2) is 7.42. The first-order valence-electron chi connectivity index (χ1n) is 10.6. The minimum absolute atomic E-state index is 0.0104. The monoisotopic (exact) mass is 410 g/mol. The standard InChI is InChI=1S/C24H27ClN2O2/c1-24(15-27-8-10-29-11-9-27)14-26-22-13-18(5-7-20(22)24)23(28)19-6-4-17(12-21(19)25)16-2-3-16/h4-7,12-13,16,26H,2-3,8-11,14-15H2,1H3. The predicted octanol–water partition coefficient (Wildman–Crippen LogP) is 4.46. The van der Waals surface area contributed by atoms with Gasteiger partial charge in [0.1, 0.15) is 0 Å². The second-order valence-corrected chi connectivity index (χ2v) is 9.31. The fraction of sp³-hybridized carbons (Fsp3) is 0.458. The van der Waals surface area contributed by atoms with E-state index < -0.39 is 0 Å². The summed E-state index contributed by atoms with van der Waals surface area (Å²) in [4.78, 5) is 15.6. The molecule has 1 aliphatic carbocycles. The SMILES string of the molecule is CC1(CN2CCOCC2)CNc2cc(C(=O)c3ccc(C4CC4)cc3Cl)ccc21. The van der Waals surface area contributed by atoms with Gasteiger partial charge in [0, 0.05) is 48.4 Å². The summed E-state index contributed by atoms with van der Waals surface area (Å²) in [6, 6.07) is 12.0. The van der Waals surface area contributed by atoms with E-state index in [1.807, 2.05) is 24.3 Å². The predicted molar refractivity (Wildman–Crippen MR) is 116 cm³/mol. The summed E-state index contributed by atoms with van der Waals surface area (Å²) in [5.74, 6) is 0.619. The summed E-state index contributed by atoms with van der Waals surface area (Å²) in [6.45, 7) is 7.77. The van der Waals surface area contributed by atoms with Crippen molar-refractivity contribution >= 4 is 23.1 Å². The summed E-state index contributed by atoms with van der Waals surface area (Å²) in [5, 5.41) is 4.09. The van der Waals surface area contributed by atoms with Crippen LogP contribution >= 0.6 is 11.6 Å². The molecule has 1 saturated heterocycles. The molecule has 2 aromatic carbocycles. The fourth-order valence-corrected chi connectivity index (χ4v) is 4.95. The molecule has 0 aromatic heterocycles. The van der Waals surface area contributed by atoms with Crippen LogP contribution in [0.1, 0.15) is 52.7 Å². The summed E-state index contributed by atoms with van der Waals surface area (Å²) < 4.78 is 5.48. The quantitative estimate of drug-likeness (QED) is 0.739. The van der Waals surface area contributed by atoms with Gasteiger partial charge in [-0.2, -0.15) is 0 Å². The minimum atomic E-state index is -0.0104. The number of morpholine rings is 1. The number of rotatable bonds is 5. The molecule has 2 aromatic rings. The number of ketones is 1. The van der Waals surface area contributed by atoms with Crippen molar-refractivity contribution in [3.63, 3.8) is 0 Å². The van der Waals surface area contributed by atoms with Gasteiger partial charge in [-0.15, -0.1) is 0 Å². The Morgan fingerprint density at radius 1 is 1.21 bits per heavy atom. The van der Waals surface area contributed by atoms with Crippen molar-refractivity contribution < 1.29 is 9.53 Å². The molecule has 2 aliphatic heterocycles. The van der Waals surface area contributed by atoms with Crippen molar-refractivity contribution in [2.45, 2.75) is 31.1 Å². The van der Waals surface area contributed by atoms with Gasteiger partial charge in [-0.1, -0.05) is 36.7 Å². The van der Waals surface area contributed by atoms with E-state index in [1.54, 1.807) is 0 Å². The van der Waals surface area contributed by atoms with E-state index in [2.05, 4.69) is 29.3 Å². The van der Waals surface area contributed by atoms with Crippen LogP contribution in [0, 0.1) is 0 Å². The Hall–Kier alpha value is -1.88. The van der Waals surface area contributed by atoms with Crippen LogP contribution in [0.2, 0.25) is 5.02 Å². The molecule has 3 aliphatic rings. The van der Waals surface area contributed by atoms with Crippen molar-refractivity contribution in [3.05, 3.63) is 63.7 Å². The first-order valence-corrected chi connectivity index (χ1v) is 10.9. The van der Waals surface area contributed by atoms with Crippen LogP contribution in [0.3, 0.4) is 0 Å². The van der Waals surface area contributed by atoms with Crippen LogP contribution in [-0.4, -0.2) is 50.1 Å². The van der Waals surface area contributed by atoms with Crippen LogP contribution in [0.5, 0.6) is 0 Å².